The second kappa shape index (κ2) is 8.43. The monoisotopic (exact) mass is 385 g/mol. The highest BCUT2D eigenvalue weighted by molar-refractivity contribution is 7.99. The van der Waals surface area contributed by atoms with E-state index in [-0.39, 0.29) is 18.4 Å². The number of amides is 2. The topological polar surface area (TPSA) is 71.5 Å². The predicted octanol–water partition coefficient (Wildman–Crippen LogP) is 3.95. The molecule has 1 aromatic carbocycles. The minimum atomic E-state index is -0.255. The molecule has 1 aromatic heterocycles. The van der Waals surface area contributed by atoms with Gasteiger partial charge in [-0.1, -0.05) is 12.1 Å². The molecular weight excluding hydrogens is 362 g/mol. The Kier molecular flexibility index (Phi) is 6.01. The van der Waals surface area contributed by atoms with E-state index in [1.807, 2.05) is 32.0 Å². The lowest BCUT2D eigenvalue weighted by atomic mass is 10.1. The van der Waals surface area contributed by atoms with Crippen LogP contribution < -0.4 is 10.2 Å². The number of benzene rings is 1. The van der Waals surface area contributed by atoms with Gasteiger partial charge in [-0.25, -0.2) is 9.78 Å². The van der Waals surface area contributed by atoms with Crippen LogP contribution in [-0.4, -0.2) is 35.9 Å². The first-order valence-electron chi connectivity index (χ1n) is 8.92. The highest BCUT2D eigenvalue weighted by Crippen LogP contribution is 2.36. The van der Waals surface area contributed by atoms with E-state index < -0.39 is 0 Å². The van der Waals surface area contributed by atoms with Crippen molar-refractivity contribution in [3.8, 4) is 0 Å². The zero-order chi connectivity index (χ0) is 19.4. The quantitative estimate of drug-likeness (QED) is 0.807. The van der Waals surface area contributed by atoms with Gasteiger partial charge in [-0.15, -0.1) is 11.8 Å². The second-order valence-electron chi connectivity index (χ2n) is 6.34. The lowest BCUT2D eigenvalue weighted by Crippen LogP contribution is -2.39. The van der Waals surface area contributed by atoms with Gasteiger partial charge in [0.05, 0.1) is 18.7 Å². The Bertz CT molecular complexity index is 852. The number of esters is 1. The number of ether oxygens (including phenoxy) is 1. The third-order valence-corrected chi connectivity index (χ3v) is 5.15. The number of pyridine rings is 1. The van der Waals surface area contributed by atoms with E-state index in [1.54, 1.807) is 35.7 Å². The van der Waals surface area contributed by atoms with E-state index in [9.17, 15) is 9.59 Å². The number of anilines is 2. The molecule has 0 saturated heterocycles. The number of thioether (sulfide) groups is 1. The fourth-order valence-corrected chi connectivity index (χ4v) is 4.13. The molecule has 1 N–H and O–H groups in total. The molecule has 142 valence electrons. The van der Waals surface area contributed by atoms with Crippen LogP contribution in [0.3, 0.4) is 0 Å². The number of urea groups is 1. The number of hydrogen-bond acceptors (Lipinski definition) is 5. The summed E-state index contributed by atoms with van der Waals surface area (Å²) in [6.07, 6.45) is 0.225. The number of rotatable bonds is 4. The first-order chi connectivity index (χ1) is 13.0. The van der Waals surface area contributed by atoms with Crippen LogP contribution in [-0.2, 0) is 16.0 Å². The summed E-state index contributed by atoms with van der Waals surface area (Å²) < 4.78 is 4.95. The Labute approximate surface area is 163 Å². The second-order valence-corrected chi connectivity index (χ2v) is 7.43. The van der Waals surface area contributed by atoms with Crippen molar-refractivity contribution in [3.05, 3.63) is 47.2 Å². The lowest BCUT2D eigenvalue weighted by molar-refractivity contribution is -0.142. The summed E-state index contributed by atoms with van der Waals surface area (Å²) in [5, 5.41) is 3.84. The van der Waals surface area contributed by atoms with E-state index in [2.05, 4.69) is 10.3 Å². The maximum atomic E-state index is 12.8. The summed E-state index contributed by atoms with van der Waals surface area (Å²) in [7, 11) is 0. The predicted molar refractivity (Wildman–Crippen MR) is 108 cm³/mol. The smallest absolute Gasteiger partial charge is 0.326 e. The molecule has 2 amide bonds. The molecule has 1 aliphatic rings. The number of nitrogens with zero attached hydrogens (tertiary/aromatic N) is 2. The molecule has 2 heterocycles. The molecule has 0 bridgehead atoms. The van der Waals surface area contributed by atoms with Crippen LogP contribution in [0.2, 0.25) is 0 Å². The third-order valence-electron chi connectivity index (χ3n) is 4.21. The Morgan fingerprint density at radius 1 is 1.26 bits per heavy atom. The minimum Gasteiger partial charge on any atom is -0.466 e. The summed E-state index contributed by atoms with van der Waals surface area (Å²) in [6, 6.07) is 9.06. The molecular formula is C20H23N3O3S. The zero-order valence-corrected chi connectivity index (χ0v) is 16.6. The van der Waals surface area contributed by atoms with E-state index in [1.165, 1.54) is 0 Å². The third kappa shape index (κ3) is 4.60. The van der Waals surface area contributed by atoms with Gasteiger partial charge in [-0.2, -0.15) is 0 Å². The van der Waals surface area contributed by atoms with E-state index in [0.29, 0.717) is 18.8 Å². The number of carbonyl (C=O) groups excluding carboxylic acids is 2. The van der Waals surface area contributed by atoms with Crippen molar-refractivity contribution >= 4 is 35.1 Å². The Hall–Kier alpha value is -2.54. The molecule has 0 unspecified atom stereocenters. The number of fused-ring (bicyclic) bond motifs is 1. The number of nitrogens with one attached hydrogen (secondary N) is 1. The average molecular weight is 385 g/mol. The van der Waals surface area contributed by atoms with Gasteiger partial charge in [0, 0.05) is 23.7 Å². The van der Waals surface area contributed by atoms with Crippen molar-refractivity contribution in [2.45, 2.75) is 32.2 Å². The molecule has 27 heavy (non-hydrogen) atoms. The number of aryl methyl sites for hydroxylation is 2. The average Bonchev–Trinajstić information content (AvgIpc) is 2.62. The normalized spacial score (nSPS) is 13.1. The lowest BCUT2D eigenvalue weighted by Gasteiger charge is -2.30. The largest absolute Gasteiger partial charge is 0.466 e. The fourth-order valence-electron chi connectivity index (χ4n) is 3.05. The number of carbonyl (C=O) groups is 2. The molecule has 0 radical (unpaired) electrons. The minimum absolute atomic E-state index is 0.177. The first kappa shape index (κ1) is 19.2. The SMILES string of the molecule is CCOC(=O)Cc1ccc(NC(=O)N2CCSc3nc(C)cc(C)c32)cc1. The molecule has 0 spiro atoms. The highest BCUT2D eigenvalue weighted by atomic mass is 32.2. The van der Waals surface area contributed by atoms with Gasteiger partial charge in [0.1, 0.15) is 5.03 Å². The van der Waals surface area contributed by atoms with E-state index in [0.717, 1.165) is 33.3 Å². The van der Waals surface area contributed by atoms with Crippen molar-refractivity contribution in [1.29, 1.82) is 0 Å². The standard InChI is InChI=1S/C20H23N3O3S/c1-4-26-17(24)12-15-5-7-16(8-6-15)22-20(25)23-9-10-27-19-18(23)13(2)11-14(3)21-19/h5-8,11H,4,9-10,12H2,1-3H3,(H,22,25). The van der Waals surface area contributed by atoms with Gasteiger partial charge in [0.15, 0.2) is 0 Å². The Morgan fingerprint density at radius 3 is 2.70 bits per heavy atom. The summed E-state index contributed by atoms with van der Waals surface area (Å²) in [6.45, 7) is 6.76. The van der Waals surface area contributed by atoms with Crippen LogP contribution in [0.1, 0.15) is 23.7 Å². The van der Waals surface area contributed by atoms with Crippen molar-refractivity contribution in [1.82, 2.24) is 4.98 Å². The van der Waals surface area contributed by atoms with Crippen LogP contribution in [0.15, 0.2) is 35.4 Å². The van der Waals surface area contributed by atoms with Crippen LogP contribution >= 0.6 is 11.8 Å². The molecule has 3 rings (SSSR count). The maximum absolute atomic E-state index is 12.8. The summed E-state index contributed by atoms with van der Waals surface area (Å²) >= 11 is 1.68. The van der Waals surface area contributed by atoms with Crippen molar-refractivity contribution in [2.75, 3.05) is 29.1 Å². The van der Waals surface area contributed by atoms with Gasteiger partial charge in [-0.05, 0) is 50.1 Å². The molecule has 0 atom stereocenters. The van der Waals surface area contributed by atoms with Gasteiger partial charge in [0.2, 0.25) is 0 Å². The molecule has 1 aliphatic heterocycles. The van der Waals surface area contributed by atoms with Crippen LogP contribution in [0.5, 0.6) is 0 Å². The Balaban J connectivity index is 1.71. The summed E-state index contributed by atoms with van der Waals surface area (Å²) in [5.74, 6) is 0.560. The maximum Gasteiger partial charge on any atom is 0.326 e. The molecule has 7 heteroatoms. The van der Waals surface area contributed by atoms with Crippen LogP contribution in [0, 0.1) is 13.8 Å². The van der Waals surface area contributed by atoms with Gasteiger partial charge >= 0.3 is 12.0 Å². The van der Waals surface area contributed by atoms with E-state index >= 15 is 0 Å². The molecule has 2 aromatic rings. The molecule has 0 fully saturated rings. The van der Waals surface area contributed by atoms with Crippen LogP contribution in [0.4, 0.5) is 16.2 Å². The van der Waals surface area contributed by atoms with Gasteiger partial charge in [0.25, 0.3) is 0 Å². The number of aromatic nitrogens is 1. The van der Waals surface area contributed by atoms with Crippen molar-refractivity contribution < 1.29 is 14.3 Å². The van der Waals surface area contributed by atoms with Crippen molar-refractivity contribution in [2.24, 2.45) is 0 Å². The van der Waals surface area contributed by atoms with Gasteiger partial charge < -0.3 is 10.1 Å². The summed E-state index contributed by atoms with van der Waals surface area (Å²) in [5.41, 5.74) is 4.42. The van der Waals surface area contributed by atoms with Crippen LogP contribution in [0.25, 0.3) is 0 Å². The summed E-state index contributed by atoms with van der Waals surface area (Å²) in [4.78, 5) is 30.7. The van der Waals surface area contributed by atoms with E-state index in [4.69, 9.17) is 4.74 Å². The molecule has 0 aliphatic carbocycles. The van der Waals surface area contributed by atoms with Crippen molar-refractivity contribution in [3.63, 3.8) is 0 Å². The van der Waals surface area contributed by atoms with Gasteiger partial charge in [-0.3, -0.25) is 9.69 Å². The Morgan fingerprint density at radius 2 is 2.00 bits per heavy atom. The fraction of sp³-hybridized carbons (Fsp3) is 0.350. The first-order valence-corrected chi connectivity index (χ1v) is 9.90. The molecule has 0 saturated carbocycles. The molecule has 6 nitrogen and oxygen atoms in total. The number of hydrogen-bond donors (Lipinski definition) is 1. The highest BCUT2D eigenvalue weighted by Gasteiger charge is 2.26. The zero-order valence-electron chi connectivity index (χ0n) is 15.7.